The largest absolute Gasteiger partial charge is 0.368 e. The van der Waals surface area contributed by atoms with E-state index < -0.39 is 0 Å². The molecule has 0 radical (unpaired) electrons. The monoisotopic (exact) mass is 367 g/mol. The van der Waals surface area contributed by atoms with Gasteiger partial charge < -0.3 is 9.80 Å². The highest BCUT2D eigenvalue weighted by Crippen LogP contribution is 2.31. The van der Waals surface area contributed by atoms with Gasteiger partial charge >= 0.3 is 0 Å². The van der Waals surface area contributed by atoms with Crippen LogP contribution >= 0.6 is 11.8 Å². The molecule has 1 aromatic carbocycles. The highest BCUT2D eigenvalue weighted by Gasteiger charge is 2.28. The Morgan fingerprint density at radius 2 is 1.77 bits per heavy atom. The highest BCUT2D eigenvalue weighted by atomic mass is 32.2. The van der Waals surface area contributed by atoms with Crippen molar-refractivity contribution in [2.24, 2.45) is 12.0 Å². The molecule has 1 aromatic heterocycles. The van der Waals surface area contributed by atoms with Gasteiger partial charge in [0, 0.05) is 50.7 Å². The van der Waals surface area contributed by atoms with Crippen molar-refractivity contribution in [3.63, 3.8) is 0 Å². The maximum Gasteiger partial charge on any atom is 0.286 e. The number of hydrogen-bond donors (Lipinski definition) is 0. The first-order chi connectivity index (χ1) is 12.6. The SMILES string of the molecule is Cc1nn(C)cc1/C=C1\SC(N2CCN(c3ccccc3)CC2)=NC1=O. The van der Waals surface area contributed by atoms with Crippen LogP contribution in [-0.4, -0.2) is 51.9 Å². The Labute approximate surface area is 157 Å². The second kappa shape index (κ2) is 6.99. The zero-order chi connectivity index (χ0) is 18.1. The summed E-state index contributed by atoms with van der Waals surface area (Å²) in [4.78, 5) is 21.8. The molecular formula is C19H21N5OS. The molecule has 0 atom stereocenters. The van der Waals surface area contributed by atoms with Crippen molar-refractivity contribution < 1.29 is 4.79 Å². The first-order valence-electron chi connectivity index (χ1n) is 8.68. The van der Waals surface area contributed by atoms with Crippen molar-refractivity contribution in [2.45, 2.75) is 6.92 Å². The van der Waals surface area contributed by atoms with Crippen LogP contribution in [0.2, 0.25) is 0 Å². The van der Waals surface area contributed by atoms with Crippen molar-refractivity contribution in [1.82, 2.24) is 14.7 Å². The molecule has 1 saturated heterocycles. The standard InChI is InChI=1S/C19H21N5OS/c1-14-15(13-22(2)21-14)12-17-18(25)20-19(26-17)24-10-8-23(9-11-24)16-6-4-3-5-7-16/h3-7,12-13H,8-11H2,1-2H3/b17-12-. The molecule has 6 nitrogen and oxygen atoms in total. The van der Waals surface area contributed by atoms with E-state index in [1.807, 2.05) is 32.3 Å². The van der Waals surface area contributed by atoms with Crippen LogP contribution in [0.4, 0.5) is 5.69 Å². The lowest BCUT2D eigenvalue weighted by atomic mass is 10.2. The van der Waals surface area contributed by atoms with Crippen molar-refractivity contribution >= 4 is 34.6 Å². The van der Waals surface area contributed by atoms with E-state index in [9.17, 15) is 4.79 Å². The number of amides is 1. The van der Waals surface area contributed by atoms with E-state index in [-0.39, 0.29) is 5.91 Å². The van der Waals surface area contributed by atoms with Crippen LogP contribution in [0.25, 0.3) is 6.08 Å². The number of carbonyl (C=O) groups excluding carboxylic acids is 1. The third-order valence-corrected chi connectivity index (χ3v) is 5.66. The van der Waals surface area contributed by atoms with E-state index in [0.29, 0.717) is 4.91 Å². The molecule has 0 saturated carbocycles. The van der Waals surface area contributed by atoms with Gasteiger partial charge in [-0.25, -0.2) is 0 Å². The average Bonchev–Trinajstić information content (AvgIpc) is 3.18. The molecule has 3 heterocycles. The van der Waals surface area contributed by atoms with E-state index in [1.54, 1.807) is 4.68 Å². The van der Waals surface area contributed by atoms with Gasteiger partial charge in [-0.1, -0.05) is 18.2 Å². The molecule has 1 amide bonds. The molecule has 0 bridgehead atoms. The number of piperazine rings is 1. The predicted molar refractivity (Wildman–Crippen MR) is 106 cm³/mol. The molecule has 0 unspecified atom stereocenters. The highest BCUT2D eigenvalue weighted by molar-refractivity contribution is 8.18. The summed E-state index contributed by atoms with van der Waals surface area (Å²) in [6.07, 6.45) is 3.82. The fraction of sp³-hybridized carbons (Fsp3) is 0.316. The lowest BCUT2D eigenvalue weighted by Gasteiger charge is -2.36. The average molecular weight is 367 g/mol. The minimum Gasteiger partial charge on any atom is -0.368 e. The maximum absolute atomic E-state index is 12.3. The Kier molecular flexibility index (Phi) is 4.55. The molecule has 4 rings (SSSR count). The summed E-state index contributed by atoms with van der Waals surface area (Å²) in [5.41, 5.74) is 3.13. The number of hydrogen-bond acceptors (Lipinski definition) is 5. The summed E-state index contributed by atoms with van der Waals surface area (Å²) in [5.74, 6) is -0.154. The summed E-state index contributed by atoms with van der Waals surface area (Å²) >= 11 is 1.47. The number of para-hydroxylation sites is 1. The van der Waals surface area contributed by atoms with Gasteiger partial charge in [0.25, 0.3) is 5.91 Å². The van der Waals surface area contributed by atoms with Crippen LogP contribution < -0.4 is 4.90 Å². The summed E-state index contributed by atoms with van der Waals surface area (Å²) in [6, 6.07) is 10.4. The fourth-order valence-electron chi connectivity index (χ4n) is 3.23. The molecule has 7 heteroatoms. The number of aryl methyl sites for hydroxylation is 2. The number of amidine groups is 1. The van der Waals surface area contributed by atoms with Gasteiger partial charge in [0.1, 0.15) is 0 Å². The molecule has 0 spiro atoms. The van der Waals surface area contributed by atoms with E-state index in [2.05, 4.69) is 44.2 Å². The summed E-state index contributed by atoms with van der Waals surface area (Å²) < 4.78 is 1.76. The molecule has 26 heavy (non-hydrogen) atoms. The first kappa shape index (κ1) is 16.9. The summed E-state index contributed by atoms with van der Waals surface area (Å²) in [5, 5.41) is 5.14. The van der Waals surface area contributed by atoms with Gasteiger partial charge in [-0.15, -0.1) is 0 Å². The summed E-state index contributed by atoms with van der Waals surface area (Å²) in [7, 11) is 1.88. The Balaban J connectivity index is 1.42. The van der Waals surface area contributed by atoms with Crippen molar-refractivity contribution in [3.05, 3.63) is 52.7 Å². The van der Waals surface area contributed by atoms with Crippen LogP contribution in [-0.2, 0) is 11.8 Å². The number of thioether (sulfide) groups is 1. The van der Waals surface area contributed by atoms with Crippen LogP contribution in [0.15, 0.2) is 46.4 Å². The van der Waals surface area contributed by atoms with Crippen LogP contribution in [0.1, 0.15) is 11.3 Å². The molecule has 2 aliphatic heterocycles. The molecule has 0 N–H and O–H groups in total. The third-order valence-electron chi connectivity index (χ3n) is 4.62. The van der Waals surface area contributed by atoms with Gasteiger partial charge in [-0.3, -0.25) is 9.48 Å². The topological polar surface area (TPSA) is 53.7 Å². The zero-order valence-electron chi connectivity index (χ0n) is 14.9. The number of benzene rings is 1. The lowest BCUT2D eigenvalue weighted by molar-refractivity contribution is -0.113. The van der Waals surface area contributed by atoms with Crippen molar-refractivity contribution in [3.8, 4) is 0 Å². The minimum atomic E-state index is -0.154. The molecular weight excluding hydrogens is 346 g/mol. The van der Waals surface area contributed by atoms with Crippen LogP contribution in [0.3, 0.4) is 0 Å². The van der Waals surface area contributed by atoms with Gasteiger partial charge in [-0.2, -0.15) is 10.1 Å². The number of aliphatic imine (C=N–C) groups is 1. The molecule has 2 aliphatic rings. The fourth-order valence-corrected chi connectivity index (χ4v) is 4.18. The first-order valence-corrected chi connectivity index (χ1v) is 9.49. The number of nitrogens with zero attached hydrogens (tertiary/aromatic N) is 5. The van der Waals surface area contributed by atoms with Crippen LogP contribution in [0.5, 0.6) is 0 Å². The Bertz CT molecular complexity index is 879. The van der Waals surface area contributed by atoms with Gasteiger partial charge in [-0.05, 0) is 36.9 Å². The third kappa shape index (κ3) is 3.39. The number of anilines is 1. The molecule has 0 aliphatic carbocycles. The zero-order valence-corrected chi connectivity index (χ0v) is 15.7. The van der Waals surface area contributed by atoms with Crippen molar-refractivity contribution in [1.29, 1.82) is 0 Å². The van der Waals surface area contributed by atoms with E-state index in [0.717, 1.165) is 42.6 Å². The lowest BCUT2D eigenvalue weighted by Crippen LogP contribution is -2.47. The van der Waals surface area contributed by atoms with Gasteiger partial charge in [0.2, 0.25) is 0 Å². The maximum atomic E-state index is 12.3. The van der Waals surface area contributed by atoms with Gasteiger partial charge in [0.05, 0.1) is 10.6 Å². The number of carbonyl (C=O) groups is 1. The Hall–Kier alpha value is -2.54. The second-order valence-corrected chi connectivity index (χ2v) is 7.47. The smallest absolute Gasteiger partial charge is 0.286 e. The number of aromatic nitrogens is 2. The quantitative estimate of drug-likeness (QED) is 0.764. The molecule has 134 valence electrons. The van der Waals surface area contributed by atoms with E-state index in [1.165, 1.54) is 17.4 Å². The van der Waals surface area contributed by atoms with Crippen molar-refractivity contribution in [2.75, 3.05) is 31.1 Å². The van der Waals surface area contributed by atoms with Crippen LogP contribution in [0, 0.1) is 6.92 Å². The molecule has 1 fully saturated rings. The molecule has 2 aromatic rings. The van der Waals surface area contributed by atoms with E-state index in [4.69, 9.17) is 0 Å². The van der Waals surface area contributed by atoms with Gasteiger partial charge in [0.15, 0.2) is 5.17 Å². The van der Waals surface area contributed by atoms with E-state index >= 15 is 0 Å². The normalized spacial score (nSPS) is 19.4. The Morgan fingerprint density at radius 3 is 2.42 bits per heavy atom. The Morgan fingerprint density at radius 1 is 1.08 bits per heavy atom. The second-order valence-electron chi connectivity index (χ2n) is 6.46. The minimum absolute atomic E-state index is 0.154. The predicted octanol–water partition coefficient (Wildman–Crippen LogP) is 2.52. The number of rotatable bonds is 2. The summed E-state index contributed by atoms with van der Waals surface area (Å²) in [6.45, 7) is 5.54.